The van der Waals surface area contributed by atoms with Gasteiger partial charge >= 0.3 is 16.4 Å². The summed E-state index contributed by atoms with van der Waals surface area (Å²) in [5.74, 6) is -0.439. The molecule has 6 atom stereocenters. The Morgan fingerprint density at radius 3 is 1.41 bits per heavy atom. The molecular weight excluding hydrogens is 909 g/mol. The van der Waals surface area contributed by atoms with Crippen LogP contribution in [0.5, 0.6) is 0 Å². The first-order chi connectivity index (χ1) is 34.1. The standard InChI is InChI=1S/C57H100O12S/c1-3-5-7-9-11-13-15-17-19-21-23-25-27-29-31-33-35-37-39-41-43-45-47-65-49-51(50-66-57-55(61)56(69-70(62,63)64)54(60)52(48-58)68-57)67-53(59)46-44-42-40-38-36-34-32-30-28-26-24-22-20-18-16-14-12-10-8-6-4-2/h6,8,12,14,18,20,24,26,30,32,36,38,51-52,54-58,60-61H,3-5,7,9-11,13,15-17,19,21-23,25,27-29,31,33-35,37,39-50H2,1-2H3,(H,62,63,64)/b8-6-,14-12-,20-18-,26-24-,32-30-,38-36-. The van der Waals surface area contributed by atoms with Crippen LogP contribution in [-0.4, -0.2) is 97.5 Å². The number of aliphatic hydroxyl groups is 3. The van der Waals surface area contributed by atoms with Crippen LogP contribution in [0.15, 0.2) is 72.9 Å². The van der Waals surface area contributed by atoms with Gasteiger partial charge in [-0.2, -0.15) is 8.42 Å². The van der Waals surface area contributed by atoms with Gasteiger partial charge in [-0.25, -0.2) is 4.18 Å². The third kappa shape index (κ3) is 40.1. The Bertz CT molecular complexity index is 1490. The fourth-order valence-electron chi connectivity index (χ4n) is 8.21. The van der Waals surface area contributed by atoms with Crippen LogP contribution in [-0.2, 0) is 38.3 Å². The van der Waals surface area contributed by atoms with Crippen LogP contribution in [0.1, 0.15) is 219 Å². The molecule has 1 aliphatic heterocycles. The average molecular weight is 1010 g/mol. The van der Waals surface area contributed by atoms with E-state index in [1.54, 1.807) is 0 Å². The number of carbonyl (C=O) groups excluding carboxylic acids is 1. The normalized spacial score (nSPS) is 19.7. The van der Waals surface area contributed by atoms with Crippen molar-refractivity contribution in [3.8, 4) is 0 Å². The second kappa shape index (κ2) is 47.5. The third-order valence-corrected chi connectivity index (χ3v) is 12.8. The molecule has 6 unspecified atom stereocenters. The Balaban J connectivity index is 2.36. The molecule has 0 saturated carbocycles. The topological polar surface area (TPSA) is 178 Å². The van der Waals surface area contributed by atoms with E-state index in [1.165, 1.54) is 122 Å². The van der Waals surface area contributed by atoms with Gasteiger partial charge in [0.15, 0.2) is 6.29 Å². The summed E-state index contributed by atoms with van der Waals surface area (Å²) in [6.07, 6.45) is 53.7. The lowest BCUT2D eigenvalue weighted by Crippen LogP contribution is -2.60. The van der Waals surface area contributed by atoms with Crippen LogP contribution in [0.2, 0.25) is 0 Å². The van der Waals surface area contributed by atoms with E-state index in [0.717, 1.165) is 70.6 Å². The van der Waals surface area contributed by atoms with Gasteiger partial charge in [0, 0.05) is 13.0 Å². The lowest BCUT2D eigenvalue weighted by Gasteiger charge is -2.41. The highest BCUT2D eigenvalue weighted by Gasteiger charge is 2.48. The van der Waals surface area contributed by atoms with Gasteiger partial charge in [0.25, 0.3) is 0 Å². The molecule has 1 aliphatic rings. The molecule has 13 heteroatoms. The van der Waals surface area contributed by atoms with E-state index in [1.807, 2.05) is 0 Å². The van der Waals surface area contributed by atoms with E-state index in [0.29, 0.717) is 13.0 Å². The first kappa shape index (κ1) is 65.6. The molecule has 0 spiro atoms. The molecule has 0 aromatic carbocycles. The molecule has 1 fully saturated rings. The molecule has 0 aliphatic carbocycles. The van der Waals surface area contributed by atoms with Crippen LogP contribution >= 0.6 is 0 Å². The molecular formula is C57H100O12S. The molecule has 0 bridgehead atoms. The number of unbranched alkanes of at least 4 members (excludes halogenated alkanes) is 23. The van der Waals surface area contributed by atoms with Gasteiger partial charge in [-0.3, -0.25) is 9.35 Å². The van der Waals surface area contributed by atoms with Crippen molar-refractivity contribution < 1.29 is 56.2 Å². The molecule has 406 valence electrons. The second-order valence-corrected chi connectivity index (χ2v) is 19.8. The Hall–Kier alpha value is -2.46. The van der Waals surface area contributed by atoms with Gasteiger partial charge in [-0.1, -0.05) is 222 Å². The highest BCUT2D eigenvalue weighted by Crippen LogP contribution is 2.26. The van der Waals surface area contributed by atoms with E-state index < -0.39 is 59.8 Å². The summed E-state index contributed by atoms with van der Waals surface area (Å²) < 4.78 is 59.3. The van der Waals surface area contributed by atoms with Crippen LogP contribution in [0.25, 0.3) is 0 Å². The minimum absolute atomic E-state index is 0.0172. The first-order valence-corrected chi connectivity index (χ1v) is 29.1. The highest BCUT2D eigenvalue weighted by molar-refractivity contribution is 7.80. The Kier molecular flexibility index (Phi) is 44.5. The molecule has 70 heavy (non-hydrogen) atoms. The Morgan fingerprint density at radius 1 is 0.557 bits per heavy atom. The number of esters is 1. The fraction of sp³-hybridized carbons (Fsp3) is 0.772. The molecule has 1 heterocycles. The minimum atomic E-state index is -5.08. The minimum Gasteiger partial charge on any atom is -0.457 e. The van der Waals surface area contributed by atoms with Gasteiger partial charge in [0.2, 0.25) is 0 Å². The number of allylic oxidation sites excluding steroid dienone is 12. The molecule has 12 nitrogen and oxygen atoms in total. The summed E-state index contributed by atoms with van der Waals surface area (Å²) in [6, 6.07) is 0. The van der Waals surface area contributed by atoms with E-state index in [4.69, 9.17) is 18.9 Å². The van der Waals surface area contributed by atoms with E-state index in [2.05, 4.69) is 90.9 Å². The molecule has 1 saturated heterocycles. The quantitative estimate of drug-likeness (QED) is 0.0197. The van der Waals surface area contributed by atoms with Crippen LogP contribution in [0.3, 0.4) is 0 Å². The van der Waals surface area contributed by atoms with Gasteiger partial charge in [0.1, 0.15) is 30.5 Å². The van der Waals surface area contributed by atoms with E-state index in [-0.39, 0.29) is 19.6 Å². The summed E-state index contributed by atoms with van der Waals surface area (Å²) in [4.78, 5) is 12.9. The second-order valence-electron chi connectivity index (χ2n) is 18.8. The number of ether oxygens (including phenoxy) is 4. The number of carbonyl (C=O) groups is 1. The summed E-state index contributed by atoms with van der Waals surface area (Å²) in [7, 11) is -5.08. The van der Waals surface area contributed by atoms with Crippen LogP contribution in [0, 0.1) is 0 Å². The van der Waals surface area contributed by atoms with E-state index >= 15 is 0 Å². The zero-order chi connectivity index (χ0) is 51.0. The monoisotopic (exact) mass is 1010 g/mol. The lowest BCUT2D eigenvalue weighted by molar-refractivity contribution is -0.301. The van der Waals surface area contributed by atoms with Gasteiger partial charge in [-0.05, 0) is 64.2 Å². The van der Waals surface area contributed by atoms with Gasteiger partial charge in [-0.15, -0.1) is 0 Å². The molecule has 4 N–H and O–H groups in total. The Labute approximate surface area is 426 Å². The average Bonchev–Trinajstić information content (AvgIpc) is 3.34. The van der Waals surface area contributed by atoms with Crippen molar-refractivity contribution in [2.24, 2.45) is 0 Å². The van der Waals surface area contributed by atoms with Crippen LogP contribution in [0.4, 0.5) is 0 Å². The third-order valence-electron chi connectivity index (χ3n) is 12.3. The maximum Gasteiger partial charge on any atom is 0.397 e. The van der Waals surface area contributed by atoms with Gasteiger partial charge < -0.3 is 34.3 Å². The van der Waals surface area contributed by atoms with Crippen molar-refractivity contribution in [3.63, 3.8) is 0 Å². The predicted octanol–water partition coefficient (Wildman–Crippen LogP) is 13.4. The Morgan fingerprint density at radius 2 is 0.986 bits per heavy atom. The van der Waals surface area contributed by atoms with Crippen LogP contribution < -0.4 is 0 Å². The fourth-order valence-corrected chi connectivity index (χ4v) is 8.72. The molecule has 0 aromatic rings. The largest absolute Gasteiger partial charge is 0.457 e. The summed E-state index contributed by atoms with van der Waals surface area (Å²) >= 11 is 0. The number of hydrogen-bond donors (Lipinski definition) is 4. The molecule has 0 aromatic heterocycles. The van der Waals surface area contributed by atoms with Crippen molar-refractivity contribution in [2.45, 2.75) is 256 Å². The summed E-state index contributed by atoms with van der Waals surface area (Å²) in [5.41, 5.74) is 0. The molecule has 1 rings (SSSR count). The number of rotatable bonds is 48. The summed E-state index contributed by atoms with van der Waals surface area (Å²) in [6.45, 7) is 3.85. The molecule has 0 radical (unpaired) electrons. The first-order valence-electron chi connectivity index (χ1n) is 27.7. The van der Waals surface area contributed by atoms with Crippen molar-refractivity contribution in [1.29, 1.82) is 0 Å². The highest BCUT2D eigenvalue weighted by atomic mass is 32.3. The SMILES string of the molecule is CC/C=C\C/C=C\C/C=C\C/C=C\C/C=C\C/C=C\CCCCC(=O)OC(COCCCCCCCCCCCCCCCCCCCCCCCC)COC1OC(CO)C(O)C(OS(=O)(=O)O)C1O. The van der Waals surface area contributed by atoms with Gasteiger partial charge in [0.05, 0.1) is 19.8 Å². The zero-order valence-electron chi connectivity index (χ0n) is 43.8. The van der Waals surface area contributed by atoms with Crippen molar-refractivity contribution in [2.75, 3.05) is 26.4 Å². The van der Waals surface area contributed by atoms with E-state index in [9.17, 15) is 33.1 Å². The van der Waals surface area contributed by atoms with Crippen molar-refractivity contribution >= 4 is 16.4 Å². The summed E-state index contributed by atoms with van der Waals surface area (Å²) in [5, 5.41) is 30.8. The number of aliphatic hydroxyl groups excluding tert-OH is 3. The predicted molar refractivity (Wildman–Crippen MR) is 285 cm³/mol. The lowest BCUT2D eigenvalue weighted by atomic mass is 9.99. The molecule has 0 amide bonds. The maximum atomic E-state index is 12.9. The maximum absolute atomic E-state index is 12.9. The smallest absolute Gasteiger partial charge is 0.397 e. The van der Waals surface area contributed by atoms with Crippen molar-refractivity contribution in [1.82, 2.24) is 0 Å². The number of hydrogen-bond acceptors (Lipinski definition) is 11. The van der Waals surface area contributed by atoms with Crippen molar-refractivity contribution in [3.05, 3.63) is 72.9 Å². The zero-order valence-corrected chi connectivity index (χ0v) is 44.6.